The topological polar surface area (TPSA) is 47.1 Å². The predicted octanol–water partition coefficient (Wildman–Crippen LogP) is 10.3. The molecule has 0 bridgehead atoms. The summed E-state index contributed by atoms with van der Waals surface area (Å²) in [5.74, 6) is 0. The number of carbonyl (C=O) groups is 2. The van der Waals surface area contributed by atoms with Gasteiger partial charge in [-0.1, -0.05) is 236 Å². The minimum Gasteiger partial charge on any atom is -0.263 e. The third kappa shape index (κ3) is 6.03. The van der Waals surface area contributed by atoms with E-state index in [1.54, 1.807) is 0 Å². The normalized spacial score (nSPS) is 14.7. The average Bonchev–Trinajstić information content (AvgIpc) is 0.665. The number of para-hydroxylation sites is 4. The van der Waals surface area contributed by atoms with Crippen LogP contribution in [0.25, 0.3) is 43.1 Å². The van der Waals surface area contributed by atoms with Gasteiger partial charge in [-0.05, 0) is 145 Å². The monoisotopic (exact) mass is 1120 g/mol. The summed E-state index contributed by atoms with van der Waals surface area (Å²) < 4.78 is 0. The van der Waals surface area contributed by atoms with E-state index >= 15 is 9.59 Å². The summed E-state index contributed by atoms with van der Waals surface area (Å²) in [5, 5.41) is 9.07. The van der Waals surface area contributed by atoms with Crippen LogP contribution in [0.2, 0.25) is 0 Å². The van der Waals surface area contributed by atoms with Gasteiger partial charge in [0.15, 0.2) is 0 Å². The first-order valence-electron chi connectivity index (χ1n) is 31.2. The van der Waals surface area contributed by atoms with Crippen LogP contribution >= 0.6 is 0 Å². The molecule has 0 N–H and O–H groups in total. The largest absolute Gasteiger partial charge is 0.338 e. The number of fused-ring (bicyclic) bond motifs is 10. The quantitative estimate of drug-likeness (QED) is 0.100. The number of aryl methyl sites for hydroxylation is 8. The first-order valence-corrected chi connectivity index (χ1v) is 31.2. The standard InChI is InChI=1S/C78H56B4N4O2/c1-41-21-17-22-42(2)69(41)79-53-29-9-13-33-61(53)83-73-57(79)37-49-50-38-59-75-68-66(50)52(51-39-58-74(67(73)65(49)51)84(77(83)87)62-34-14-10-30-54(62)80(58)70-43(3)23-18-24-44(70)4)40-60-76(68)86(64-36-16-12-32-56(64)82(60)72-47(7)27-20-28-48(72)8)78(88)85(75)63-35-15-11-31-55(63)81(59)71-45(5)25-19-26-46(71)6/h9-40H,1-8H3. The lowest BCUT2D eigenvalue weighted by Crippen LogP contribution is -2.65. The Bertz CT molecular complexity index is 4720. The van der Waals surface area contributed by atoms with Gasteiger partial charge < -0.3 is 0 Å². The molecule has 412 valence electrons. The van der Waals surface area contributed by atoms with Gasteiger partial charge in [0.25, 0.3) is 0 Å². The summed E-state index contributed by atoms with van der Waals surface area (Å²) in [5.41, 5.74) is 31.2. The van der Waals surface area contributed by atoms with Crippen LogP contribution in [-0.4, -0.2) is 38.9 Å². The zero-order chi connectivity index (χ0) is 59.2. The lowest BCUT2D eigenvalue weighted by atomic mass is 9.32. The summed E-state index contributed by atoms with van der Waals surface area (Å²) in [6.07, 6.45) is 0. The zero-order valence-electron chi connectivity index (χ0n) is 50.4. The van der Waals surface area contributed by atoms with Crippen LogP contribution in [0.4, 0.5) is 55.1 Å². The molecule has 0 fully saturated rings. The van der Waals surface area contributed by atoms with E-state index in [9.17, 15) is 0 Å². The lowest BCUT2D eigenvalue weighted by molar-refractivity contribution is 0.254. The maximum Gasteiger partial charge on any atom is 0.338 e. The minimum absolute atomic E-state index is 0.0727. The molecular weight excluding hydrogens is 1070 g/mol. The molecule has 0 saturated carbocycles. The Morgan fingerprint density at radius 2 is 0.443 bits per heavy atom. The smallest absolute Gasteiger partial charge is 0.263 e. The van der Waals surface area contributed by atoms with Crippen LogP contribution in [0.3, 0.4) is 0 Å². The van der Waals surface area contributed by atoms with Crippen LogP contribution in [0.5, 0.6) is 0 Å². The second kappa shape index (κ2) is 17.4. The number of urea groups is 2. The summed E-state index contributed by atoms with van der Waals surface area (Å²) in [4.78, 5) is 41.8. The molecule has 6 heterocycles. The average molecular weight is 1120 g/mol. The van der Waals surface area contributed by atoms with E-state index in [4.69, 9.17) is 0 Å². The molecule has 0 spiro atoms. The molecule has 88 heavy (non-hydrogen) atoms. The van der Waals surface area contributed by atoms with Crippen molar-refractivity contribution in [1.82, 2.24) is 0 Å². The van der Waals surface area contributed by atoms with E-state index in [-0.39, 0.29) is 38.9 Å². The van der Waals surface area contributed by atoms with Crippen molar-refractivity contribution in [3.63, 3.8) is 0 Å². The Labute approximate surface area is 513 Å². The minimum atomic E-state index is -0.211. The van der Waals surface area contributed by atoms with Gasteiger partial charge in [0, 0.05) is 44.3 Å². The third-order valence-corrected chi connectivity index (χ3v) is 21.6. The maximum atomic E-state index is 16.7. The van der Waals surface area contributed by atoms with Gasteiger partial charge in [0.1, 0.15) is 0 Å². The van der Waals surface area contributed by atoms with Gasteiger partial charge in [0.05, 0.1) is 22.7 Å². The summed E-state index contributed by atoms with van der Waals surface area (Å²) in [6, 6.07) is 71.4. The van der Waals surface area contributed by atoms with Gasteiger partial charge >= 0.3 is 12.1 Å². The molecule has 0 atom stereocenters. The van der Waals surface area contributed by atoms with Crippen molar-refractivity contribution < 1.29 is 9.59 Å². The van der Waals surface area contributed by atoms with E-state index < -0.39 is 0 Å². The predicted molar refractivity (Wildman–Crippen MR) is 375 cm³/mol. The van der Waals surface area contributed by atoms with Crippen molar-refractivity contribution in [2.24, 2.45) is 0 Å². The number of benzene rings is 13. The van der Waals surface area contributed by atoms with Crippen LogP contribution < -0.4 is 85.2 Å². The highest BCUT2D eigenvalue weighted by Crippen LogP contribution is 2.56. The fourth-order valence-corrected chi connectivity index (χ4v) is 18.2. The molecule has 0 saturated heterocycles. The first kappa shape index (κ1) is 50.1. The molecule has 6 nitrogen and oxygen atoms in total. The van der Waals surface area contributed by atoms with E-state index in [0.717, 1.165) is 132 Å². The summed E-state index contributed by atoms with van der Waals surface area (Å²) >= 11 is 0. The Morgan fingerprint density at radius 3 is 0.659 bits per heavy atom. The van der Waals surface area contributed by atoms with Crippen molar-refractivity contribution in [2.45, 2.75) is 55.4 Å². The summed E-state index contributed by atoms with van der Waals surface area (Å²) in [7, 11) is 0. The van der Waals surface area contributed by atoms with Crippen molar-refractivity contribution in [1.29, 1.82) is 0 Å². The van der Waals surface area contributed by atoms with Crippen molar-refractivity contribution in [3.05, 3.63) is 239 Å². The summed E-state index contributed by atoms with van der Waals surface area (Å²) in [6.45, 7) is 17.2. The number of hydrogen-bond donors (Lipinski definition) is 0. The van der Waals surface area contributed by atoms with E-state index in [2.05, 4.69) is 269 Å². The van der Waals surface area contributed by atoms with E-state index in [1.807, 2.05) is 0 Å². The number of anilines is 8. The molecule has 0 unspecified atom stereocenters. The SMILES string of the molecule is Cc1cccc(C)c1B1c2ccccc2N2C(=O)N3c4ccccc4B(c4c(C)cccc4C)c4cc5c6cc7c8c9c%10c(cc(c%11cc1c2c(c43)c%115)c96)B(c1c(C)cccc1C)c1ccccc1N%10C(=O)N8c1ccccc1B7c1c(C)cccc1C. The molecule has 4 amide bonds. The highest BCUT2D eigenvalue weighted by Gasteiger charge is 2.53. The van der Waals surface area contributed by atoms with Crippen LogP contribution in [0.1, 0.15) is 44.5 Å². The van der Waals surface area contributed by atoms with Crippen molar-refractivity contribution >= 4 is 193 Å². The Morgan fingerprint density at radius 1 is 0.239 bits per heavy atom. The van der Waals surface area contributed by atoms with Gasteiger partial charge in [0.2, 0.25) is 26.9 Å². The number of carbonyl (C=O) groups excluding carboxylic acids is 2. The molecule has 13 aromatic rings. The number of rotatable bonds is 4. The number of nitrogens with zero attached hydrogens (tertiary/aromatic N) is 4. The zero-order valence-corrected chi connectivity index (χ0v) is 50.4. The second-order valence-electron chi connectivity index (χ2n) is 26.0. The molecule has 19 rings (SSSR count). The highest BCUT2D eigenvalue weighted by molar-refractivity contribution is 7.02. The Hall–Kier alpha value is -10.0. The van der Waals surface area contributed by atoms with Crippen LogP contribution in [0.15, 0.2) is 194 Å². The first-order chi connectivity index (χ1) is 42.9. The van der Waals surface area contributed by atoms with Gasteiger partial charge in [-0.3, -0.25) is 19.6 Å². The third-order valence-electron chi connectivity index (χ3n) is 21.6. The molecule has 0 aromatic heterocycles. The molecule has 6 aliphatic rings. The second-order valence-corrected chi connectivity index (χ2v) is 26.0. The fourth-order valence-electron chi connectivity index (χ4n) is 18.2. The van der Waals surface area contributed by atoms with Gasteiger partial charge in [-0.25, -0.2) is 9.59 Å². The van der Waals surface area contributed by atoms with Crippen molar-refractivity contribution in [2.75, 3.05) is 19.6 Å². The van der Waals surface area contributed by atoms with Crippen molar-refractivity contribution in [3.8, 4) is 0 Å². The molecular formula is C78H56B4N4O2. The molecule has 0 aliphatic carbocycles. The molecule has 6 aliphatic heterocycles. The molecule has 10 heteroatoms. The number of hydrogen-bond acceptors (Lipinski definition) is 2. The number of amides is 4. The fraction of sp³-hybridized carbons (Fsp3) is 0.103. The van der Waals surface area contributed by atoms with Crippen LogP contribution in [-0.2, 0) is 0 Å². The molecule has 0 radical (unpaired) electrons. The van der Waals surface area contributed by atoms with E-state index in [0.29, 0.717) is 0 Å². The Balaban J connectivity index is 1.10. The molecule has 13 aromatic carbocycles. The Kier molecular flexibility index (Phi) is 9.89. The lowest BCUT2D eigenvalue weighted by Gasteiger charge is -2.48. The van der Waals surface area contributed by atoms with Crippen LogP contribution in [0, 0.1) is 55.4 Å². The van der Waals surface area contributed by atoms with Gasteiger partial charge in [-0.2, -0.15) is 0 Å². The van der Waals surface area contributed by atoms with E-state index in [1.165, 1.54) is 66.4 Å². The maximum absolute atomic E-state index is 16.7. The van der Waals surface area contributed by atoms with Gasteiger partial charge in [-0.15, -0.1) is 0 Å². The highest BCUT2D eigenvalue weighted by atomic mass is 16.2.